The highest BCUT2D eigenvalue weighted by atomic mass is 16.5. The summed E-state index contributed by atoms with van der Waals surface area (Å²) >= 11 is 0. The van der Waals surface area contributed by atoms with Crippen LogP contribution in [-0.2, 0) is 19.1 Å². The molecule has 18 heavy (non-hydrogen) atoms. The minimum absolute atomic E-state index is 0.0865. The van der Waals surface area contributed by atoms with Gasteiger partial charge in [-0.05, 0) is 33.1 Å². The smallest absolute Gasteiger partial charge is 0.311 e. The van der Waals surface area contributed by atoms with Gasteiger partial charge in [-0.15, -0.1) is 0 Å². The van der Waals surface area contributed by atoms with Gasteiger partial charge in [0.25, 0.3) is 0 Å². The van der Waals surface area contributed by atoms with Gasteiger partial charge in [0.2, 0.25) is 0 Å². The summed E-state index contributed by atoms with van der Waals surface area (Å²) in [6, 6.07) is 0.267. The van der Waals surface area contributed by atoms with Crippen LogP contribution in [0.25, 0.3) is 0 Å². The molecule has 0 bridgehead atoms. The maximum atomic E-state index is 11.4. The summed E-state index contributed by atoms with van der Waals surface area (Å²) in [4.78, 5) is 27.3. The van der Waals surface area contributed by atoms with Crippen LogP contribution in [0.4, 0.5) is 0 Å². The lowest BCUT2D eigenvalue weighted by atomic mass is 9.93. The maximum Gasteiger partial charge on any atom is 0.311 e. The summed E-state index contributed by atoms with van der Waals surface area (Å²) in [6.45, 7) is 4.20. The van der Waals surface area contributed by atoms with Crippen LogP contribution < -0.4 is 0 Å². The van der Waals surface area contributed by atoms with Crippen molar-refractivity contribution in [2.24, 2.45) is 4.99 Å². The van der Waals surface area contributed by atoms with Crippen LogP contribution in [0.1, 0.15) is 46.0 Å². The number of ether oxygens (including phenoxy) is 2. The van der Waals surface area contributed by atoms with Crippen LogP contribution in [0.5, 0.6) is 0 Å². The number of nitrogens with zero attached hydrogens (tertiary/aromatic N) is 1. The molecule has 1 saturated carbocycles. The Hall–Kier alpha value is -1.39. The highest BCUT2D eigenvalue weighted by molar-refractivity contribution is 6.06. The number of aliphatic imine (C=N–C) groups is 1. The number of carbonyl (C=O) groups excluding carboxylic acids is 2. The Morgan fingerprint density at radius 1 is 1.06 bits per heavy atom. The second-order valence-electron chi connectivity index (χ2n) is 4.24. The average Bonchev–Trinajstić information content (AvgIpc) is 2.23. The van der Waals surface area contributed by atoms with Crippen molar-refractivity contribution in [2.45, 2.75) is 52.0 Å². The van der Waals surface area contributed by atoms with Gasteiger partial charge in [-0.3, -0.25) is 14.6 Å². The summed E-state index contributed by atoms with van der Waals surface area (Å²) in [5.74, 6) is -0.667. The Balaban J connectivity index is 2.53. The zero-order valence-electron chi connectivity index (χ0n) is 11.1. The van der Waals surface area contributed by atoms with Crippen LogP contribution in [0, 0.1) is 0 Å². The highest BCUT2D eigenvalue weighted by Crippen LogP contribution is 2.22. The third-order valence-corrected chi connectivity index (χ3v) is 2.75. The van der Waals surface area contributed by atoms with Crippen LogP contribution in [0.3, 0.4) is 0 Å². The van der Waals surface area contributed by atoms with Crippen molar-refractivity contribution in [3.63, 3.8) is 0 Å². The first-order chi connectivity index (χ1) is 8.65. The quantitative estimate of drug-likeness (QED) is 0.514. The molecule has 0 heterocycles. The molecular formula is C13H21NO4. The summed E-state index contributed by atoms with van der Waals surface area (Å²) in [5, 5.41) is 0. The average molecular weight is 255 g/mol. The van der Waals surface area contributed by atoms with Crippen molar-refractivity contribution < 1.29 is 19.1 Å². The molecule has 0 N–H and O–H groups in total. The van der Waals surface area contributed by atoms with E-state index in [-0.39, 0.29) is 30.8 Å². The third-order valence-electron chi connectivity index (χ3n) is 2.75. The van der Waals surface area contributed by atoms with Crippen molar-refractivity contribution in [3.8, 4) is 0 Å². The Morgan fingerprint density at radius 2 is 1.56 bits per heavy atom. The van der Waals surface area contributed by atoms with Gasteiger partial charge in [0.05, 0.1) is 26.1 Å². The predicted molar refractivity (Wildman–Crippen MR) is 67.6 cm³/mol. The number of rotatable bonds is 7. The van der Waals surface area contributed by atoms with Crippen LogP contribution >= 0.6 is 0 Å². The second kappa shape index (κ2) is 7.84. The molecule has 0 amide bonds. The van der Waals surface area contributed by atoms with Gasteiger partial charge in [0, 0.05) is 11.8 Å². The van der Waals surface area contributed by atoms with Crippen LogP contribution in [0.15, 0.2) is 4.99 Å². The summed E-state index contributed by atoms with van der Waals surface area (Å²) in [7, 11) is 0. The molecule has 1 aliphatic rings. The minimum Gasteiger partial charge on any atom is -0.466 e. The molecule has 0 aromatic heterocycles. The molecule has 0 aliphatic heterocycles. The van der Waals surface area contributed by atoms with Crippen molar-refractivity contribution in [1.82, 2.24) is 0 Å². The molecule has 0 atom stereocenters. The minimum atomic E-state index is -0.333. The molecule has 102 valence electrons. The van der Waals surface area contributed by atoms with E-state index in [2.05, 4.69) is 4.99 Å². The molecule has 5 nitrogen and oxygen atoms in total. The standard InChI is InChI=1S/C13H21NO4/c1-3-17-12(15)8-11(9-13(16)18-4-2)14-10-6-5-7-10/h10H,3-9H2,1-2H3. The highest BCUT2D eigenvalue weighted by Gasteiger charge is 2.20. The summed E-state index contributed by atoms with van der Waals surface area (Å²) < 4.78 is 9.75. The number of carbonyl (C=O) groups is 2. The fraction of sp³-hybridized carbons (Fsp3) is 0.769. The third kappa shape index (κ3) is 5.29. The van der Waals surface area contributed by atoms with Crippen molar-refractivity contribution in [3.05, 3.63) is 0 Å². The van der Waals surface area contributed by atoms with Gasteiger partial charge < -0.3 is 9.47 Å². The molecule has 0 spiro atoms. The lowest BCUT2D eigenvalue weighted by Gasteiger charge is -2.22. The predicted octanol–water partition coefficient (Wildman–Crippen LogP) is 1.89. The van der Waals surface area contributed by atoms with E-state index in [1.54, 1.807) is 13.8 Å². The van der Waals surface area contributed by atoms with Crippen molar-refractivity contribution in [2.75, 3.05) is 13.2 Å². The normalized spacial score (nSPS) is 14.6. The van der Waals surface area contributed by atoms with E-state index >= 15 is 0 Å². The summed E-state index contributed by atoms with van der Waals surface area (Å²) in [5.41, 5.74) is 0.580. The van der Waals surface area contributed by atoms with Gasteiger partial charge in [-0.2, -0.15) is 0 Å². The van der Waals surface area contributed by atoms with E-state index in [4.69, 9.17) is 9.47 Å². The largest absolute Gasteiger partial charge is 0.466 e. The Labute approximate surface area is 108 Å². The van der Waals surface area contributed by atoms with E-state index in [1.165, 1.54) is 6.42 Å². The van der Waals surface area contributed by atoms with Gasteiger partial charge in [0.1, 0.15) is 0 Å². The molecular weight excluding hydrogens is 234 g/mol. The molecule has 0 radical (unpaired) electrons. The first kappa shape index (κ1) is 14.7. The Morgan fingerprint density at radius 3 is 1.89 bits per heavy atom. The fourth-order valence-electron chi connectivity index (χ4n) is 1.69. The molecule has 0 saturated heterocycles. The second-order valence-corrected chi connectivity index (χ2v) is 4.24. The molecule has 1 aliphatic carbocycles. The number of hydrogen-bond donors (Lipinski definition) is 0. The first-order valence-corrected chi connectivity index (χ1v) is 6.52. The van der Waals surface area contributed by atoms with E-state index in [0.717, 1.165) is 12.8 Å². The number of esters is 2. The van der Waals surface area contributed by atoms with Gasteiger partial charge in [0.15, 0.2) is 0 Å². The monoisotopic (exact) mass is 255 g/mol. The Bertz CT molecular complexity index is 299. The zero-order chi connectivity index (χ0) is 13.4. The fourth-order valence-corrected chi connectivity index (χ4v) is 1.69. The lowest BCUT2D eigenvalue weighted by molar-refractivity contribution is -0.141. The molecule has 0 aromatic rings. The number of hydrogen-bond acceptors (Lipinski definition) is 5. The molecule has 0 aromatic carbocycles. The van der Waals surface area contributed by atoms with E-state index < -0.39 is 0 Å². The molecule has 1 rings (SSSR count). The zero-order valence-corrected chi connectivity index (χ0v) is 11.1. The van der Waals surface area contributed by atoms with Gasteiger partial charge >= 0.3 is 11.9 Å². The summed E-state index contributed by atoms with van der Waals surface area (Å²) in [6.07, 6.45) is 3.41. The van der Waals surface area contributed by atoms with E-state index in [1.807, 2.05) is 0 Å². The maximum absolute atomic E-state index is 11.4. The van der Waals surface area contributed by atoms with Crippen molar-refractivity contribution >= 4 is 17.7 Å². The first-order valence-electron chi connectivity index (χ1n) is 6.52. The van der Waals surface area contributed by atoms with Crippen LogP contribution in [0.2, 0.25) is 0 Å². The van der Waals surface area contributed by atoms with E-state index in [0.29, 0.717) is 18.9 Å². The van der Waals surface area contributed by atoms with E-state index in [9.17, 15) is 9.59 Å². The Kier molecular flexibility index (Phi) is 6.39. The SMILES string of the molecule is CCOC(=O)CC(CC(=O)OCC)=NC1CCC1. The molecule has 1 fully saturated rings. The van der Waals surface area contributed by atoms with Gasteiger partial charge in [-0.1, -0.05) is 0 Å². The molecule has 0 unspecified atom stereocenters. The lowest BCUT2D eigenvalue weighted by Crippen LogP contribution is -2.22. The van der Waals surface area contributed by atoms with Crippen molar-refractivity contribution in [1.29, 1.82) is 0 Å². The molecule has 5 heteroatoms. The van der Waals surface area contributed by atoms with Crippen LogP contribution in [-0.4, -0.2) is 36.9 Å². The topological polar surface area (TPSA) is 65.0 Å². The van der Waals surface area contributed by atoms with Gasteiger partial charge in [-0.25, -0.2) is 0 Å².